The van der Waals surface area contributed by atoms with Gasteiger partial charge in [0.2, 0.25) is 5.91 Å². The normalized spacial score (nSPS) is 33.6. The van der Waals surface area contributed by atoms with Gasteiger partial charge in [-0.1, -0.05) is 20.3 Å². The van der Waals surface area contributed by atoms with Crippen LogP contribution in [-0.2, 0) is 4.79 Å². The van der Waals surface area contributed by atoms with Crippen molar-refractivity contribution in [1.29, 1.82) is 0 Å². The van der Waals surface area contributed by atoms with Gasteiger partial charge in [0.05, 0.1) is 12.7 Å². The van der Waals surface area contributed by atoms with Crippen LogP contribution in [0.4, 0.5) is 0 Å². The van der Waals surface area contributed by atoms with E-state index in [0.717, 1.165) is 24.8 Å². The molecule has 2 rings (SSSR count). The van der Waals surface area contributed by atoms with E-state index >= 15 is 0 Å². The first kappa shape index (κ1) is 13.2. The minimum Gasteiger partial charge on any atom is -0.326 e. The Kier molecular flexibility index (Phi) is 4.74. The summed E-state index contributed by atoms with van der Waals surface area (Å²) in [5.74, 6) is 1.54. The second-order valence-corrected chi connectivity index (χ2v) is 6.63. The number of amides is 1. The van der Waals surface area contributed by atoms with Gasteiger partial charge in [-0.3, -0.25) is 10.1 Å². The first-order valence-electron chi connectivity index (χ1n) is 6.91. The third kappa shape index (κ3) is 2.97. The first-order valence-corrected chi connectivity index (χ1v) is 7.96. The summed E-state index contributed by atoms with van der Waals surface area (Å²) in [7, 11) is 0. The topological polar surface area (TPSA) is 32.3 Å². The molecule has 4 heteroatoms. The van der Waals surface area contributed by atoms with Gasteiger partial charge in [0.1, 0.15) is 0 Å². The zero-order chi connectivity index (χ0) is 12.3. The Morgan fingerprint density at radius 1 is 1.41 bits per heavy atom. The smallest absolute Gasteiger partial charge is 0.241 e. The van der Waals surface area contributed by atoms with Crippen molar-refractivity contribution in [3.63, 3.8) is 0 Å². The number of thioether (sulfide) groups is 1. The Morgan fingerprint density at radius 3 is 2.94 bits per heavy atom. The number of carbonyl (C=O) groups excluding carboxylic acids is 1. The number of nitrogens with one attached hydrogen (secondary N) is 1. The van der Waals surface area contributed by atoms with Gasteiger partial charge >= 0.3 is 0 Å². The molecule has 1 aliphatic carbocycles. The quantitative estimate of drug-likeness (QED) is 0.818. The van der Waals surface area contributed by atoms with Crippen molar-refractivity contribution in [2.45, 2.75) is 63.3 Å². The van der Waals surface area contributed by atoms with E-state index in [1.54, 1.807) is 0 Å². The van der Waals surface area contributed by atoms with E-state index < -0.39 is 0 Å². The SMILES string of the molecule is CCCC1NCN(C2CCC(SCC)C2)C1=O. The van der Waals surface area contributed by atoms with E-state index in [1.165, 1.54) is 25.0 Å². The Balaban J connectivity index is 1.86. The highest BCUT2D eigenvalue weighted by atomic mass is 32.2. The summed E-state index contributed by atoms with van der Waals surface area (Å²) < 4.78 is 0. The number of hydrogen-bond donors (Lipinski definition) is 1. The van der Waals surface area contributed by atoms with Gasteiger partial charge in [-0.25, -0.2) is 0 Å². The van der Waals surface area contributed by atoms with Crippen molar-refractivity contribution in [2.75, 3.05) is 12.4 Å². The summed E-state index contributed by atoms with van der Waals surface area (Å²) >= 11 is 2.06. The fourth-order valence-corrected chi connectivity index (χ4v) is 4.12. The van der Waals surface area contributed by atoms with Crippen LogP contribution in [0.25, 0.3) is 0 Å². The van der Waals surface area contributed by atoms with Crippen LogP contribution in [0.3, 0.4) is 0 Å². The van der Waals surface area contributed by atoms with Gasteiger partial charge in [-0.05, 0) is 31.4 Å². The Morgan fingerprint density at radius 2 is 2.24 bits per heavy atom. The standard InChI is InChI=1S/C13H24N2OS/c1-3-5-12-13(16)15(9-14-12)10-6-7-11(8-10)17-4-2/h10-12,14H,3-9H2,1-2H3. The molecule has 0 spiro atoms. The summed E-state index contributed by atoms with van der Waals surface area (Å²) in [5.41, 5.74) is 0. The van der Waals surface area contributed by atoms with Crippen LogP contribution in [0, 0.1) is 0 Å². The van der Waals surface area contributed by atoms with Crippen LogP contribution in [0.1, 0.15) is 46.0 Å². The zero-order valence-electron chi connectivity index (χ0n) is 10.9. The number of carbonyl (C=O) groups is 1. The first-order chi connectivity index (χ1) is 8.26. The van der Waals surface area contributed by atoms with E-state index in [-0.39, 0.29) is 6.04 Å². The van der Waals surface area contributed by atoms with E-state index in [1.807, 2.05) is 0 Å². The molecule has 98 valence electrons. The predicted octanol–water partition coefficient (Wildman–Crippen LogP) is 2.22. The maximum absolute atomic E-state index is 12.2. The van der Waals surface area contributed by atoms with Crippen LogP contribution in [0.2, 0.25) is 0 Å². The molecule has 1 amide bonds. The second kappa shape index (κ2) is 6.10. The number of nitrogens with zero attached hydrogens (tertiary/aromatic N) is 1. The lowest BCUT2D eigenvalue weighted by molar-refractivity contribution is -0.130. The Hall–Kier alpha value is -0.220. The monoisotopic (exact) mass is 256 g/mol. The molecule has 2 fully saturated rings. The molecule has 2 aliphatic rings. The van der Waals surface area contributed by atoms with Crippen LogP contribution < -0.4 is 5.32 Å². The van der Waals surface area contributed by atoms with Crippen molar-refractivity contribution >= 4 is 17.7 Å². The molecule has 0 aromatic heterocycles. The average Bonchev–Trinajstić information content (AvgIpc) is 2.89. The highest BCUT2D eigenvalue weighted by molar-refractivity contribution is 7.99. The number of rotatable bonds is 5. The van der Waals surface area contributed by atoms with E-state index in [0.29, 0.717) is 11.9 Å². The van der Waals surface area contributed by atoms with Gasteiger partial charge in [0, 0.05) is 11.3 Å². The molecular weight excluding hydrogens is 232 g/mol. The van der Waals surface area contributed by atoms with Crippen LogP contribution in [0.15, 0.2) is 0 Å². The Labute approximate surface area is 109 Å². The highest BCUT2D eigenvalue weighted by Crippen LogP contribution is 2.33. The summed E-state index contributed by atoms with van der Waals surface area (Å²) in [6.45, 7) is 5.14. The van der Waals surface area contributed by atoms with Crippen LogP contribution >= 0.6 is 11.8 Å². The van der Waals surface area contributed by atoms with Gasteiger partial charge in [-0.2, -0.15) is 11.8 Å². The molecule has 3 unspecified atom stereocenters. The molecule has 0 bridgehead atoms. The van der Waals surface area contributed by atoms with Crippen molar-refractivity contribution < 1.29 is 4.79 Å². The fraction of sp³-hybridized carbons (Fsp3) is 0.923. The van der Waals surface area contributed by atoms with Gasteiger partial charge in [0.25, 0.3) is 0 Å². The third-order valence-corrected chi connectivity index (χ3v) is 5.10. The summed E-state index contributed by atoms with van der Waals surface area (Å²) in [4.78, 5) is 14.3. The molecule has 3 nitrogen and oxygen atoms in total. The fourth-order valence-electron chi connectivity index (χ4n) is 2.98. The average molecular weight is 256 g/mol. The molecular formula is C13H24N2OS. The molecule has 17 heavy (non-hydrogen) atoms. The summed E-state index contributed by atoms with van der Waals surface area (Å²) in [6, 6.07) is 0.596. The van der Waals surface area contributed by atoms with Crippen molar-refractivity contribution in [3.05, 3.63) is 0 Å². The van der Waals surface area contributed by atoms with Gasteiger partial charge in [0.15, 0.2) is 0 Å². The van der Waals surface area contributed by atoms with Gasteiger partial charge < -0.3 is 4.90 Å². The molecule has 0 aromatic rings. The van der Waals surface area contributed by atoms with E-state index in [4.69, 9.17) is 0 Å². The van der Waals surface area contributed by atoms with Gasteiger partial charge in [-0.15, -0.1) is 0 Å². The molecule has 1 aliphatic heterocycles. The molecule has 0 aromatic carbocycles. The largest absolute Gasteiger partial charge is 0.326 e. The van der Waals surface area contributed by atoms with Crippen molar-refractivity contribution in [2.24, 2.45) is 0 Å². The van der Waals surface area contributed by atoms with Crippen LogP contribution in [0.5, 0.6) is 0 Å². The summed E-state index contributed by atoms with van der Waals surface area (Å²) in [6.07, 6.45) is 5.74. The molecule has 1 heterocycles. The minimum absolute atomic E-state index is 0.0953. The lowest BCUT2D eigenvalue weighted by Gasteiger charge is -2.23. The van der Waals surface area contributed by atoms with Crippen molar-refractivity contribution in [1.82, 2.24) is 10.2 Å². The third-order valence-electron chi connectivity index (χ3n) is 3.87. The lowest BCUT2D eigenvalue weighted by atomic mass is 10.1. The van der Waals surface area contributed by atoms with Crippen LogP contribution in [-0.4, -0.2) is 40.6 Å². The van der Waals surface area contributed by atoms with E-state index in [2.05, 4.69) is 35.8 Å². The Bertz CT molecular complexity index is 272. The molecule has 1 saturated heterocycles. The highest BCUT2D eigenvalue weighted by Gasteiger charge is 2.38. The maximum atomic E-state index is 12.2. The minimum atomic E-state index is 0.0953. The predicted molar refractivity (Wildman–Crippen MR) is 73.1 cm³/mol. The maximum Gasteiger partial charge on any atom is 0.241 e. The lowest BCUT2D eigenvalue weighted by Crippen LogP contribution is -2.37. The zero-order valence-corrected chi connectivity index (χ0v) is 11.8. The second-order valence-electron chi connectivity index (χ2n) is 5.06. The summed E-state index contributed by atoms with van der Waals surface area (Å²) in [5, 5.41) is 4.13. The molecule has 3 atom stereocenters. The number of hydrogen-bond acceptors (Lipinski definition) is 3. The van der Waals surface area contributed by atoms with E-state index in [9.17, 15) is 4.79 Å². The molecule has 1 N–H and O–H groups in total. The van der Waals surface area contributed by atoms with Crippen molar-refractivity contribution in [3.8, 4) is 0 Å². The molecule has 0 radical (unpaired) electrons. The molecule has 1 saturated carbocycles.